The number of aromatic nitrogens is 1. The SMILES string of the molecule is Cc1ccc(CC(=O)c2cccc(C)c2Br)nc1. The van der Waals surface area contributed by atoms with E-state index in [0.29, 0.717) is 6.42 Å². The van der Waals surface area contributed by atoms with Crippen LogP contribution in [-0.2, 0) is 6.42 Å². The monoisotopic (exact) mass is 303 g/mol. The molecule has 0 aliphatic heterocycles. The molecule has 1 heterocycles. The molecule has 0 fully saturated rings. The first kappa shape index (κ1) is 13.0. The third-order valence-electron chi connectivity index (χ3n) is 2.81. The van der Waals surface area contributed by atoms with Crippen LogP contribution >= 0.6 is 15.9 Å². The Morgan fingerprint density at radius 1 is 1.22 bits per heavy atom. The molecule has 2 rings (SSSR count). The molecule has 1 aromatic carbocycles. The molecule has 18 heavy (non-hydrogen) atoms. The molecule has 0 amide bonds. The normalized spacial score (nSPS) is 10.4. The number of carbonyl (C=O) groups excluding carboxylic acids is 1. The van der Waals surface area contributed by atoms with Gasteiger partial charge in [0, 0.05) is 21.9 Å². The van der Waals surface area contributed by atoms with Gasteiger partial charge in [0.15, 0.2) is 5.78 Å². The first-order chi connectivity index (χ1) is 8.58. The maximum atomic E-state index is 12.2. The molecule has 0 unspecified atom stereocenters. The lowest BCUT2D eigenvalue weighted by molar-refractivity contribution is 0.0991. The molecule has 0 atom stereocenters. The van der Waals surface area contributed by atoms with E-state index in [-0.39, 0.29) is 5.78 Å². The van der Waals surface area contributed by atoms with Gasteiger partial charge in [-0.3, -0.25) is 9.78 Å². The summed E-state index contributed by atoms with van der Waals surface area (Å²) in [5.74, 6) is 0.0851. The van der Waals surface area contributed by atoms with Crippen LogP contribution in [0.15, 0.2) is 41.0 Å². The van der Waals surface area contributed by atoms with E-state index >= 15 is 0 Å². The van der Waals surface area contributed by atoms with Gasteiger partial charge in [0.2, 0.25) is 0 Å². The van der Waals surface area contributed by atoms with Crippen molar-refractivity contribution >= 4 is 21.7 Å². The van der Waals surface area contributed by atoms with E-state index < -0.39 is 0 Å². The van der Waals surface area contributed by atoms with Gasteiger partial charge in [-0.05, 0) is 47.0 Å². The summed E-state index contributed by atoms with van der Waals surface area (Å²) in [7, 11) is 0. The van der Waals surface area contributed by atoms with Crippen molar-refractivity contribution in [2.24, 2.45) is 0 Å². The lowest BCUT2D eigenvalue weighted by Crippen LogP contribution is -2.06. The minimum atomic E-state index is 0.0851. The summed E-state index contributed by atoms with van der Waals surface area (Å²) in [4.78, 5) is 16.5. The number of benzene rings is 1. The average Bonchev–Trinajstić information content (AvgIpc) is 2.35. The summed E-state index contributed by atoms with van der Waals surface area (Å²) in [5, 5.41) is 0. The molecular weight excluding hydrogens is 290 g/mol. The molecule has 92 valence electrons. The second kappa shape index (κ2) is 5.44. The number of rotatable bonds is 3. The van der Waals surface area contributed by atoms with Crippen LogP contribution in [0.2, 0.25) is 0 Å². The van der Waals surface area contributed by atoms with E-state index in [1.54, 1.807) is 6.20 Å². The van der Waals surface area contributed by atoms with E-state index in [1.807, 2.05) is 44.2 Å². The van der Waals surface area contributed by atoms with Crippen molar-refractivity contribution in [3.05, 3.63) is 63.4 Å². The van der Waals surface area contributed by atoms with Crippen molar-refractivity contribution in [3.8, 4) is 0 Å². The van der Waals surface area contributed by atoms with E-state index in [4.69, 9.17) is 0 Å². The highest BCUT2D eigenvalue weighted by Gasteiger charge is 2.12. The topological polar surface area (TPSA) is 30.0 Å². The van der Waals surface area contributed by atoms with Gasteiger partial charge in [0.25, 0.3) is 0 Å². The van der Waals surface area contributed by atoms with Crippen molar-refractivity contribution in [2.75, 3.05) is 0 Å². The molecule has 1 aromatic heterocycles. The Morgan fingerprint density at radius 3 is 2.67 bits per heavy atom. The zero-order valence-electron chi connectivity index (χ0n) is 10.4. The third kappa shape index (κ3) is 2.85. The van der Waals surface area contributed by atoms with Crippen LogP contribution < -0.4 is 0 Å². The Balaban J connectivity index is 2.22. The van der Waals surface area contributed by atoms with Gasteiger partial charge in [0.05, 0.1) is 6.42 Å². The molecular formula is C15H14BrNO. The summed E-state index contributed by atoms with van der Waals surface area (Å²) in [5.41, 5.74) is 3.69. The number of pyridine rings is 1. The number of ketones is 1. The van der Waals surface area contributed by atoms with Crippen LogP contribution in [0.3, 0.4) is 0 Å². The first-order valence-electron chi connectivity index (χ1n) is 5.78. The molecule has 0 radical (unpaired) electrons. The number of halogens is 1. The summed E-state index contributed by atoms with van der Waals surface area (Å²) >= 11 is 3.46. The number of nitrogens with zero attached hydrogens (tertiary/aromatic N) is 1. The Labute approximate surface area is 115 Å². The number of hydrogen-bond acceptors (Lipinski definition) is 2. The molecule has 3 heteroatoms. The van der Waals surface area contributed by atoms with Crippen LogP contribution in [-0.4, -0.2) is 10.8 Å². The van der Waals surface area contributed by atoms with Gasteiger partial charge >= 0.3 is 0 Å². The minimum absolute atomic E-state index is 0.0851. The maximum absolute atomic E-state index is 12.2. The zero-order valence-corrected chi connectivity index (χ0v) is 12.0. The van der Waals surface area contributed by atoms with E-state index in [2.05, 4.69) is 20.9 Å². The molecule has 0 saturated carbocycles. The van der Waals surface area contributed by atoms with Crippen LogP contribution in [0.25, 0.3) is 0 Å². The lowest BCUT2D eigenvalue weighted by Gasteiger charge is -2.06. The van der Waals surface area contributed by atoms with Crippen molar-refractivity contribution in [3.63, 3.8) is 0 Å². The van der Waals surface area contributed by atoms with Crippen molar-refractivity contribution in [1.82, 2.24) is 4.98 Å². The summed E-state index contributed by atoms with van der Waals surface area (Å²) in [6.07, 6.45) is 2.12. The predicted octanol–water partition coefficient (Wildman–Crippen LogP) is 3.89. The predicted molar refractivity (Wildman–Crippen MR) is 75.9 cm³/mol. The largest absolute Gasteiger partial charge is 0.294 e. The van der Waals surface area contributed by atoms with E-state index in [1.165, 1.54) is 0 Å². The highest BCUT2D eigenvalue weighted by Crippen LogP contribution is 2.22. The molecule has 0 aliphatic rings. The fraction of sp³-hybridized carbons (Fsp3) is 0.200. The van der Waals surface area contributed by atoms with E-state index in [0.717, 1.165) is 26.9 Å². The lowest BCUT2D eigenvalue weighted by atomic mass is 10.0. The first-order valence-corrected chi connectivity index (χ1v) is 6.57. The van der Waals surface area contributed by atoms with Gasteiger partial charge in [-0.2, -0.15) is 0 Å². The highest BCUT2D eigenvalue weighted by atomic mass is 79.9. The van der Waals surface area contributed by atoms with Gasteiger partial charge in [-0.15, -0.1) is 0 Å². The smallest absolute Gasteiger partial charge is 0.169 e. The molecule has 0 aliphatic carbocycles. The van der Waals surface area contributed by atoms with Gasteiger partial charge in [-0.25, -0.2) is 0 Å². The van der Waals surface area contributed by atoms with Crippen LogP contribution in [0.1, 0.15) is 27.2 Å². The molecule has 2 nitrogen and oxygen atoms in total. The fourth-order valence-electron chi connectivity index (χ4n) is 1.73. The van der Waals surface area contributed by atoms with Crippen molar-refractivity contribution in [1.29, 1.82) is 0 Å². The maximum Gasteiger partial charge on any atom is 0.169 e. The number of hydrogen-bond donors (Lipinski definition) is 0. The standard InChI is InChI=1S/C15H14BrNO/c1-10-6-7-12(17-9-10)8-14(18)13-5-3-4-11(2)15(13)16/h3-7,9H,8H2,1-2H3. The fourth-order valence-corrected chi connectivity index (χ4v) is 2.21. The van der Waals surface area contributed by atoms with Gasteiger partial charge in [-0.1, -0.05) is 24.3 Å². The average molecular weight is 304 g/mol. The number of aryl methyl sites for hydroxylation is 2. The highest BCUT2D eigenvalue weighted by molar-refractivity contribution is 9.10. The third-order valence-corrected chi connectivity index (χ3v) is 3.86. The minimum Gasteiger partial charge on any atom is -0.294 e. The van der Waals surface area contributed by atoms with E-state index in [9.17, 15) is 4.79 Å². The molecule has 0 bridgehead atoms. The summed E-state index contributed by atoms with van der Waals surface area (Å²) in [6, 6.07) is 9.59. The van der Waals surface area contributed by atoms with Crippen LogP contribution in [0, 0.1) is 13.8 Å². The second-order valence-electron chi connectivity index (χ2n) is 4.36. The Hall–Kier alpha value is -1.48. The number of Topliss-reactive ketones (excluding diaryl/α,β-unsaturated/α-hetero) is 1. The van der Waals surface area contributed by atoms with Crippen molar-refractivity contribution in [2.45, 2.75) is 20.3 Å². The molecule has 0 saturated heterocycles. The van der Waals surface area contributed by atoms with Crippen LogP contribution in [0.5, 0.6) is 0 Å². The number of carbonyl (C=O) groups is 1. The molecule has 2 aromatic rings. The Morgan fingerprint density at radius 2 is 2.00 bits per heavy atom. The van der Waals surface area contributed by atoms with Crippen LogP contribution in [0.4, 0.5) is 0 Å². The summed E-state index contributed by atoms with van der Waals surface area (Å²) < 4.78 is 0.877. The molecule has 0 N–H and O–H groups in total. The van der Waals surface area contributed by atoms with Gasteiger partial charge < -0.3 is 0 Å². The second-order valence-corrected chi connectivity index (χ2v) is 5.16. The zero-order chi connectivity index (χ0) is 13.1. The molecule has 0 spiro atoms. The summed E-state index contributed by atoms with van der Waals surface area (Å²) in [6.45, 7) is 3.96. The Kier molecular flexibility index (Phi) is 3.92. The Bertz CT molecular complexity index is 576. The quantitative estimate of drug-likeness (QED) is 0.805. The van der Waals surface area contributed by atoms with Crippen molar-refractivity contribution < 1.29 is 4.79 Å². The van der Waals surface area contributed by atoms with Gasteiger partial charge in [0.1, 0.15) is 0 Å².